The second kappa shape index (κ2) is 63.8. The topological polar surface area (TPSA) is 500 Å². The first-order valence-corrected chi connectivity index (χ1v) is 46.1. The molecule has 0 bridgehead atoms. The molecule has 0 unspecified atom stereocenters. The normalized spacial score (nSPS) is 10.8. The van der Waals surface area contributed by atoms with E-state index < -0.39 is 88.0 Å². The predicted octanol–water partition coefficient (Wildman–Crippen LogP) is 14.2. The number of nitrogens with zero attached hydrogens (tertiary/aromatic N) is 11. The number of halogens is 8. The van der Waals surface area contributed by atoms with Crippen molar-refractivity contribution in [1.82, 2.24) is 70.4 Å². The van der Waals surface area contributed by atoms with Crippen LogP contribution in [-0.4, -0.2) is 241 Å². The van der Waals surface area contributed by atoms with Crippen molar-refractivity contribution in [3.63, 3.8) is 0 Å². The van der Waals surface area contributed by atoms with Gasteiger partial charge in [-0.3, -0.25) is 14.4 Å². The van der Waals surface area contributed by atoms with Crippen LogP contribution in [0.2, 0.25) is 5.15 Å². The monoisotopic (exact) mass is 2150 g/mol. The second-order valence-electron chi connectivity index (χ2n) is 35.7. The number of aldehydes is 2. The number of fused-ring (bicyclic) bond motifs is 3. The number of aromatic nitrogens is 9. The molecule has 0 saturated heterocycles. The maximum atomic E-state index is 14.0. The van der Waals surface area contributed by atoms with Gasteiger partial charge in [-0.25, -0.2) is 84.0 Å². The maximum absolute atomic E-state index is 14.0. The summed E-state index contributed by atoms with van der Waals surface area (Å²) < 4.78 is 128. The Labute approximate surface area is 891 Å². The van der Waals surface area contributed by atoms with Crippen LogP contribution in [0.3, 0.4) is 0 Å². The number of carbonyl (C=O) groups is 10. The first kappa shape index (κ1) is 130. The summed E-state index contributed by atoms with van der Waals surface area (Å²) in [5.74, 6) is -1.29. The number of esters is 3. The molecule has 49 heteroatoms. The number of carboxylic acids is 1. The number of phenols is 1. The van der Waals surface area contributed by atoms with Crippen molar-refractivity contribution in [2.24, 2.45) is 0 Å². The number of benzene rings is 5. The van der Waals surface area contributed by atoms with Crippen LogP contribution in [0.1, 0.15) is 199 Å². The average molecular weight is 2150 g/mol. The molecule has 0 fully saturated rings. The van der Waals surface area contributed by atoms with E-state index in [9.17, 15) is 75.0 Å². The molecule has 11 rings (SSSR count). The van der Waals surface area contributed by atoms with Crippen LogP contribution in [-0.2, 0) is 57.6 Å². The quantitative estimate of drug-likeness (QED) is 0.00288. The minimum atomic E-state index is -1.13. The van der Waals surface area contributed by atoms with Crippen molar-refractivity contribution in [3.05, 3.63) is 225 Å². The van der Waals surface area contributed by atoms with E-state index in [0.29, 0.717) is 113 Å². The Morgan fingerprint density at radius 3 is 1.11 bits per heavy atom. The minimum absolute atomic E-state index is 0. The van der Waals surface area contributed by atoms with Crippen LogP contribution in [0.15, 0.2) is 146 Å². The van der Waals surface area contributed by atoms with E-state index in [1.54, 1.807) is 177 Å². The van der Waals surface area contributed by atoms with Gasteiger partial charge in [-0.15, -0.1) is 24.0 Å². The molecule has 0 spiro atoms. The summed E-state index contributed by atoms with van der Waals surface area (Å²) in [6.07, 6.45) is 8.88. The molecule has 0 aliphatic rings. The summed E-state index contributed by atoms with van der Waals surface area (Å²) in [5.41, 5.74) is 0.854. The molecule has 0 aliphatic carbocycles. The maximum Gasteiger partial charge on any atom is 1.00 e. The summed E-state index contributed by atoms with van der Waals surface area (Å²) in [7, 11) is 5.31. The number of hydrogen-bond acceptors (Lipinski definition) is 32. The molecule has 11 aromatic rings. The fraction of sp³-hybridized carbons (Fsp3) is 0.414. The molecule has 0 aliphatic heterocycles. The van der Waals surface area contributed by atoms with Crippen LogP contribution >= 0.6 is 35.6 Å². The molecule has 8 N–H and O–H groups in total. The summed E-state index contributed by atoms with van der Waals surface area (Å²) in [6.45, 7) is 33.6. The van der Waals surface area contributed by atoms with Crippen molar-refractivity contribution in [2.75, 3.05) is 103 Å². The van der Waals surface area contributed by atoms with Crippen LogP contribution in [0, 0.1) is 29.1 Å². The van der Waals surface area contributed by atoms with Crippen LogP contribution in [0.25, 0.3) is 16.9 Å². The smallest absolute Gasteiger partial charge is 0.870 e. The molecule has 148 heavy (non-hydrogen) atoms. The molecule has 40 nitrogen and oxygen atoms in total. The van der Waals surface area contributed by atoms with Gasteiger partial charge < -0.3 is 104 Å². The van der Waals surface area contributed by atoms with Gasteiger partial charge in [-0.2, -0.15) is 15.3 Å². The van der Waals surface area contributed by atoms with Crippen LogP contribution in [0.4, 0.5) is 52.8 Å². The van der Waals surface area contributed by atoms with Gasteiger partial charge in [0.15, 0.2) is 29.5 Å². The molecule has 6 heterocycles. The second-order valence-corrected chi connectivity index (χ2v) is 36.4. The van der Waals surface area contributed by atoms with Crippen molar-refractivity contribution < 1.29 is 167 Å². The van der Waals surface area contributed by atoms with Crippen molar-refractivity contribution in [1.29, 1.82) is 0 Å². The number of alkyl carbamates (subject to hydrolysis) is 4. The largest absolute Gasteiger partial charge is 1.00 e. The van der Waals surface area contributed by atoms with E-state index in [-0.39, 0.29) is 170 Å². The van der Waals surface area contributed by atoms with Gasteiger partial charge in [-0.1, -0.05) is 11.6 Å². The Hall–Kier alpha value is -13.7. The van der Waals surface area contributed by atoms with E-state index >= 15 is 0 Å². The number of carboxylic acid groups (broad SMARTS) is 1. The number of aromatic hydroxyl groups is 1. The third-order valence-electron chi connectivity index (χ3n) is 17.6. The molecule has 0 radical (unpaired) electrons. The third-order valence-corrected chi connectivity index (χ3v) is 18.0. The van der Waals surface area contributed by atoms with E-state index in [2.05, 4.69) is 56.8 Å². The Morgan fingerprint density at radius 2 is 0.764 bits per heavy atom. The van der Waals surface area contributed by atoms with E-state index in [4.69, 9.17) is 80.4 Å². The van der Waals surface area contributed by atoms with E-state index in [0.717, 1.165) is 29.8 Å². The fourth-order valence-electron chi connectivity index (χ4n) is 11.6. The minimum Gasteiger partial charge on any atom is -0.870 e. The van der Waals surface area contributed by atoms with Gasteiger partial charge in [0.2, 0.25) is 0 Å². The summed E-state index contributed by atoms with van der Waals surface area (Å²) in [6, 6.07) is 24.6. The zero-order chi connectivity index (χ0) is 108. The molecule has 804 valence electrons. The fourth-order valence-corrected chi connectivity index (χ4v) is 11.9. The number of rotatable bonds is 34. The predicted molar refractivity (Wildman–Crippen MR) is 538 cm³/mol. The summed E-state index contributed by atoms with van der Waals surface area (Å²) in [5, 5.41) is 43.8. The number of hydrogen-bond donors (Lipinski definition) is 7. The summed E-state index contributed by atoms with van der Waals surface area (Å²) in [4.78, 5) is 129. The molecule has 5 aromatic carbocycles. The number of alkyl halides is 1. The van der Waals surface area contributed by atoms with Gasteiger partial charge in [0, 0.05) is 81.3 Å². The van der Waals surface area contributed by atoms with E-state index in [1.165, 1.54) is 86.7 Å². The van der Waals surface area contributed by atoms with Crippen molar-refractivity contribution in [3.8, 4) is 28.7 Å². The van der Waals surface area contributed by atoms with Gasteiger partial charge in [0.05, 0.1) is 69.1 Å². The molecular weight excluding hydrogens is 2020 g/mol. The zero-order valence-corrected chi connectivity index (χ0v) is 90.5. The van der Waals surface area contributed by atoms with Gasteiger partial charge in [-0.05, 0) is 240 Å². The van der Waals surface area contributed by atoms with Gasteiger partial charge in [0.1, 0.15) is 146 Å². The molecule has 4 amide bonds. The Kier molecular flexibility index (Phi) is 56.2. The van der Waals surface area contributed by atoms with Crippen LogP contribution in [0.5, 0.6) is 28.7 Å². The average Bonchev–Trinajstić information content (AvgIpc) is 1.65. The SMILES string of the molecule is CC(C)(C)OC(=O)CCCCl.CC(C)(C)OC(=O)NCCOc1ccc(F)cc1C=O.CCOC(=O)c1cnn2ccc(Cl)nc12.CCOC(=O)c1cnn2ccc(N(C)Cc3cc(F)ccc3OCCNC(=O)OC(C)(C)C)nc12.CN(Cc1cc(F)ccc1OCCNC(=O)OC(C)(C)C)c1ccn2ncc(C(=O)O)c2n1.CNCc1cc(F)ccc1OCCNC(=O)OC(C)(C)C.Cl.O=Cc1cc(F)ccc1O.[Na+].[OH-]. The van der Waals surface area contributed by atoms with Gasteiger partial charge >= 0.3 is 77.8 Å². The number of ether oxygens (including phenoxy) is 11. The van der Waals surface area contributed by atoms with Gasteiger partial charge in [0.25, 0.3) is 0 Å². The number of phenolic OH excluding ortho intramolecular Hbond substituents is 1. The van der Waals surface area contributed by atoms with Crippen molar-refractivity contribution in [2.45, 2.75) is 178 Å². The number of anilines is 2. The third kappa shape index (κ3) is 49.2. The number of carbonyl (C=O) groups excluding carboxylic acids is 9. The molecule has 6 aromatic heterocycles. The van der Waals surface area contributed by atoms with E-state index in [1.807, 2.05) is 20.8 Å². The van der Waals surface area contributed by atoms with Crippen LogP contribution < -0.4 is 84.9 Å². The molecule has 0 saturated carbocycles. The Balaban J connectivity index is 0.000000606. The Bertz CT molecular complexity index is 6120. The summed E-state index contributed by atoms with van der Waals surface area (Å²) >= 11 is 11.1. The Morgan fingerprint density at radius 1 is 0.446 bits per heavy atom. The number of aromatic carboxylic acids is 1. The first-order chi connectivity index (χ1) is 68.1. The first-order valence-electron chi connectivity index (χ1n) is 45.2. The zero-order valence-electron chi connectivity index (χ0n) is 86.2. The van der Waals surface area contributed by atoms with Crippen molar-refractivity contribution >= 4 is 125 Å². The number of amides is 4. The number of nitrogens with one attached hydrogen (secondary N) is 5. The standard InChI is InChI=1S/C24H30FN5O5.C22H26FN5O5.C15H23FN2O3.C14H18FNO4.C9H8ClN3O2.C8H15ClO2.C7H5FO2.ClH.Na.H2O/c1-6-33-22(31)18-14-27-30-11-9-20(28-21(18)30)29(5)15-16-13-17(25)7-8-19(16)34-12-10-26-23(32)35-24(2,3)4;1-22(2,3)33-21(31)24-8-10-32-17-6-5-15(23)11-14(17)13-27(4)18-7-9-28-19(26-18)16(12-25-28)20(29)30;1-15(2,3)21-14(19)18-7-8-20-13-6-5-12(16)9-11(13)10-17-4;1-14(2,3)20-13(18)16-6-7-19-12-5-4-11(15)8-10(12)9-17;1-2-15-9(14)6-5-11-13-4-3-7(10)12-8(6)13;1-8(2,3)11-7(10)5-4-6-9;8-6-1-2-7(10)5(3-6)4-9;;;/h7-9,11,13-14H,6,10,12,15H2,1-5H3,(H,26,32);5-7,9,11-12H,8,10,13H2,1-4H3,(H,24,31)(H,29,30);5-6,9,17H,7-8,10H2,1-4H3,(H,18,19);4-5,8-9H,6-7H2,1-3H3,(H,16,18);3-5H,2H2,1H3;4-6H2,1-3H3;1-4,10H;1H;;1H2/q;;;;;;;;+1;/p-1. The molecular formula is C99H127Cl3F5N16NaO24. The molecule has 0 atom stereocenters.